The van der Waals surface area contributed by atoms with Crippen molar-refractivity contribution in [3.8, 4) is 26.9 Å². The number of benzene rings is 2. The maximum Gasteiger partial charge on any atom is 0.418 e. The van der Waals surface area contributed by atoms with Gasteiger partial charge in [0.2, 0.25) is 0 Å². The second-order valence-electron chi connectivity index (χ2n) is 14.1. The van der Waals surface area contributed by atoms with E-state index in [-0.39, 0.29) is 61.6 Å². The minimum absolute atomic E-state index is 0.00607. The molecule has 0 bridgehead atoms. The van der Waals surface area contributed by atoms with Crippen LogP contribution in [0.1, 0.15) is 56.9 Å². The van der Waals surface area contributed by atoms with E-state index in [1.807, 2.05) is 41.1 Å². The molecule has 1 unspecified atom stereocenters. The van der Waals surface area contributed by atoms with Crippen LogP contribution in [0.5, 0.6) is 5.75 Å². The molecular formula is C40H37F5N8O3S2. The molecule has 0 aliphatic carbocycles. The molecule has 6 heterocycles. The summed E-state index contributed by atoms with van der Waals surface area (Å²) < 4.78 is 78.8. The molecule has 2 saturated heterocycles. The zero-order chi connectivity index (χ0) is 40.4. The van der Waals surface area contributed by atoms with Crippen LogP contribution in [0.4, 0.5) is 33.3 Å². The highest BCUT2D eigenvalue weighted by Crippen LogP contribution is 2.41. The van der Waals surface area contributed by atoms with Gasteiger partial charge in [-0.3, -0.25) is 19.8 Å². The molecule has 11 nitrogen and oxygen atoms in total. The Labute approximate surface area is 337 Å². The van der Waals surface area contributed by atoms with Crippen LogP contribution in [-0.4, -0.2) is 70.4 Å². The average Bonchev–Trinajstić information content (AvgIpc) is 4.05. The number of nitrogens with zero attached hydrogens (tertiary/aromatic N) is 4. The normalized spacial score (nSPS) is 16.7. The molecule has 2 aromatic carbocycles. The maximum atomic E-state index is 14.6. The van der Waals surface area contributed by atoms with Gasteiger partial charge in [0.25, 0.3) is 17.7 Å². The molecular weight excluding hydrogens is 800 g/mol. The Kier molecular flexibility index (Phi) is 11.0. The predicted molar refractivity (Wildman–Crippen MR) is 212 cm³/mol. The van der Waals surface area contributed by atoms with E-state index < -0.39 is 42.1 Å². The summed E-state index contributed by atoms with van der Waals surface area (Å²) in [5.74, 6) is -3.90. The van der Waals surface area contributed by atoms with Crippen LogP contribution >= 0.6 is 22.7 Å². The fraction of sp³-hybridized carbons (Fsp3) is 0.300. The van der Waals surface area contributed by atoms with E-state index in [2.05, 4.69) is 31.0 Å². The first-order valence-corrected chi connectivity index (χ1v) is 20.3. The smallest absolute Gasteiger partial charge is 0.418 e. The molecule has 6 aromatic rings. The number of piperidine rings is 1. The lowest BCUT2D eigenvalue weighted by Gasteiger charge is -2.35. The third kappa shape index (κ3) is 8.72. The number of alkyl halides is 5. The fourth-order valence-corrected chi connectivity index (χ4v) is 8.65. The van der Waals surface area contributed by atoms with E-state index in [4.69, 9.17) is 4.74 Å². The van der Waals surface area contributed by atoms with Gasteiger partial charge in [-0.25, -0.2) is 8.78 Å². The van der Waals surface area contributed by atoms with Crippen molar-refractivity contribution >= 4 is 45.9 Å². The van der Waals surface area contributed by atoms with Gasteiger partial charge < -0.3 is 25.2 Å². The van der Waals surface area contributed by atoms with Crippen LogP contribution in [0.3, 0.4) is 0 Å². The van der Waals surface area contributed by atoms with E-state index in [1.54, 1.807) is 18.2 Å². The second-order valence-corrected chi connectivity index (χ2v) is 16.0. The topological polar surface area (TPSA) is 131 Å². The standard InChI is InChI=1S/C40H37F5N8O3S2/c41-39(42)12-4-13-53(23-39)33-10-9-26(19-29(33)38(55)47-21-25-18-32(51-49-25)35-8-3-16-58-35)56-27-11-14-52(22-27)36-28(5-1-6-30(36)40(43,44)45)37(54)46-20-24-17-31(50-48-24)34-7-2-15-57-34/h1-3,5-10,15-19,27H,4,11-14,20-23H2,(H,46,54)(H,47,55)(H,48,50)(H,49,51). The number of amides is 2. The highest BCUT2D eigenvalue weighted by Gasteiger charge is 2.40. The van der Waals surface area contributed by atoms with Crippen LogP contribution in [0.2, 0.25) is 0 Å². The van der Waals surface area contributed by atoms with E-state index >= 15 is 0 Å². The number of nitrogens with one attached hydrogen (secondary N) is 4. The largest absolute Gasteiger partial charge is 0.488 e. The summed E-state index contributed by atoms with van der Waals surface area (Å²) in [4.78, 5) is 32.1. The summed E-state index contributed by atoms with van der Waals surface area (Å²) in [7, 11) is 0. The Morgan fingerprint density at radius 3 is 2.09 bits per heavy atom. The average molecular weight is 837 g/mol. The highest BCUT2D eigenvalue weighted by atomic mass is 32.1. The first-order chi connectivity index (χ1) is 27.9. The van der Waals surface area contributed by atoms with E-state index in [9.17, 15) is 31.5 Å². The number of hydrogen-bond acceptors (Lipinski definition) is 9. The molecule has 1 atom stereocenters. The molecule has 2 aliphatic heterocycles. The van der Waals surface area contributed by atoms with Crippen molar-refractivity contribution in [1.29, 1.82) is 0 Å². The predicted octanol–water partition coefficient (Wildman–Crippen LogP) is 8.36. The number of halogens is 5. The van der Waals surface area contributed by atoms with Crippen molar-refractivity contribution in [1.82, 2.24) is 31.0 Å². The summed E-state index contributed by atoms with van der Waals surface area (Å²) in [6.45, 7) is 0.0218. The number of aromatic amines is 2. The SMILES string of the molecule is O=C(NCc1cc(-c2cccs2)n[nH]1)c1cc(OC2CCN(c3c(C(=O)NCc4cc(-c5cccs5)n[nH]4)cccc3C(F)(F)F)C2)ccc1N1CCCC(F)(F)C1. The maximum absolute atomic E-state index is 14.6. The minimum Gasteiger partial charge on any atom is -0.488 e. The fourth-order valence-electron chi connectivity index (χ4n) is 7.28. The monoisotopic (exact) mass is 836 g/mol. The number of carbonyl (C=O) groups is 2. The van der Waals surface area contributed by atoms with E-state index in [0.717, 1.165) is 21.5 Å². The van der Waals surface area contributed by atoms with Gasteiger partial charge in [-0.2, -0.15) is 23.4 Å². The summed E-state index contributed by atoms with van der Waals surface area (Å²) in [6, 6.07) is 19.3. The van der Waals surface area contributed by atoms with Gasteiger partial charge in [-0.05, 0) is 71.8 Å². The van der Waals surface area contributed by atoms with Crippen LogP contribution < -0.4 is 25.2 Å². The molecule has 18 heteroatoms. The summed E-state index contributed by atoms with van der Waals surface area (Å²) in [5, 5.41) is 23.8. The summed E-state index contributed by atoms with van der Waals surface area (Å²) in [6.07, 6.45) is -5.09. The molecule has 2 amide bonds. The van der Waals surface area contributed by atoms with Gasteiger partial charge in [0, 0.05) is 31.6 Å². The number of para-hydroxylation sites is 1. The first kappa shape index (κ1) is 39.1. The number of thiophene rings is 2. The van der Waals surface area contributed by atoms with Gasteiger partial charge >= 0.3 is 6.18 Å². The molecule has 302 valence electrons. The van der Waals surface area contributed by atoms with Gasteiger partial charge in [0.15, 0.2) is 0 Å². The number of hydrogen-bond donors (Lipinski definition) is 4. The first-order valence-electron chi connectivity index (χ1n) is 18.5. The minimum atomic E-state index is -4.76. The molecule has 0 saturated carbocycles. The van der Waals surface area contributed by atoms with Crippen molar-refractivity contribution in [2.24, 2.45) is 0 Å². The lowest BCUT2D eigenvalue weighted by atomic mass is 10.0. The Morgan fingerprint density at radius 2 is 1.48 bits per heavy atom. The molecule has 4 N–H and O–H groups in total. The molecule has 0 radical (unpaired) electrons. The number of aromatic nitrogens is 4. The molecule has 0 spiro atoms. The quantitative estimate of drug-likeness (QED) is 0.0912. The number of anilines is 2. The van der Waals surface area contributed by atoms with Crippen LogP contribution in [0.25, 0.3) is 21.1 Å². The van der Waals surface area contributed by atoms with Crippen molar-refractivity contribution in [2.45, 2.75) is 50.6 Å². The molecule has 58 heavy (non-hydrogen) atoms. The van der Waals surface area contributed by atoms with Crippen molar-refractivity contribution in [3.63, 3.8) is 0 Å². The Hall–Kier alpha value is -5.75. The summed E-state index contributed by atoms with van der Waals surface area (Å²) in [5.41, 5.74) is 1.70. The molecule has 4 aromatic heterocycles. The van der Waals surface area contributed by atoms with Crippen molar-refractivity contribution < 1.29 is 36.3 Å². The lowest BCUT2D eigenvalue weighted by molar-refractivity contribution is -0.137. The Bertz CT molecular complexity index is 2380. The van der Waals surface area contributed by atoms with Crippen LogP contribution in [0, 0.1) is 0 Å². The molecule has 2 fully saturated rings. The number of ether oxygens (including phenoxy) is 1. The lowest BCUT2D eigenvalue weighted by Crippen LogP contribution is -2.43. The van der Waals surface area contributed by atoms with E-state index in [0.29, 0.717) is 35.7 Å². The van der Waals surface area contributed by atoms with Crippen LogP contribution in [-0.2, 0) is 19.3 Å². The number of H-pyrrole nitrogens is 2. The molecule has 8 rings (SSSR count). The summed E-state index contributed by atoms with van der Waals surface area (Å²) >= 11 is 3.02. The van der Waals surface area contributed by atoms with Gasteiger partial charge in [-0.15, -0.1) is 22.7 Å². The van der Waals surface area contributed by atoms with Gasteiger partial charge in [-0.1, -0.05) is 18.2 Å². The van der Waals surface area contributed by atoms with E-state index in [1.165, 1.54) is 50.7 Å². The highest BCUT2D eigenvalue weighted by molar-refractivity contribution is 7.13. The van der Waals surface area contributed by atoms with Crippen molar-refractivity contribution in [3.05, 3.63) is 112 Å². The van der Waals surface area contributed by atoms with Gasteiger partial charge in [0.05, 0.1) is 69.7 Å². The van der Waals surface area contributed by atoms with Crippen molar-refractivity contribution in [2.75, 3.05) is 36.0 Å². The molecule has 2 aliphatic rings. The second kappa shape index (κ2) is 16.2. The Balaban J connectivity index is 0.992. The number of rotatable bonds is 12. The van der Waals surface area contributed by atoms with Gasteiger partial charge in [0.1, 0.15) is 23.2 Å². The Morgan fingerprint density at radius 1 is 0.828 bits per heavy atom. The third-order valence-electron chi connectivity index (χ3n) is 9.98. The zero-order valence-electron chi connectivity index (χ0n) is 30.7. The van der Waals surface area contributed by atoms with Crippen LogP contribution in [0.15, 0.2) is 83.6 Å². The number of carbonyl (C=O) groups excluding carboxylic acids is 2. The zero-order valence-corrected chi connectivity index (χ0v) is 32.4. The third-order valence-corrected chi connectivity index (χ3v) is 11.8.